The maximum atomic E-state index is 11.4. The molecule has 0 aromatic heterocycles. The van der Waals surface area contributed by atoms with Crippen molar-refractivity contribution in [3.8, 4) is 0 Å². The first-order valence-electron chi connectivity index (χ1n) is 7.00. The van der Waals surface area contributed by atoms with Crippen molar-refractivity contribution in [1.29, 1.82) is 0 Å². The smallest absolute Gasteiger partial charge is 0.322 e. The van der Waals surface area contributed by atoms with Crippen LogP contribution in [0.5, 0.6) is 0 Å². The third-order valence-corrected chi connectivity index (χ3v) is 4.05. The third kappa shape index (κ3) is 5.55. The molecule has 1 rings (SSSR count). The molecule has 1 aromatic rings. The van der Waals surface area contributed by atoms with E-state index in [1.807, 2.05) is 0 Å². The van der Waals surface area contributed by atoms with E-state index < -0.39 is 6.04 Å². The number of thioether (sulfide) groups is 1. The Morgan fingerprint density at radius 3 is 2.40 bits per heavy atom. The van der Waals surface area contributed by atoms with E-state index in [4.69, 9.17) is 10.5 Å². The Morgan fingerprint density at radius 1 is 1.30 bits per heavy atom. The zero-order valence-corrected chi connectivity index (χ0v) is 13.6. The number of benzene rings is 1. The first kappa shape index (κ1) is 17.1. The molecule has 20 heavy (non-hydrogen) atoms. The molecule has 0 radical (unpaired) electrons. The van der Waals surface area contributed by atoms with Crippen molar-refractivity contribution in [1.82, 2.24) is 0 Å². The average Bonchev–Trinajstić information content (AvgIpc) is 2.38. The van der Waals surface area contributed by atoms with Gasteiger partial charge in [0.2, 0.25) is 0 Å². The molecular weight excluding hydrogens is 270 g/mol. The molecule has 4 heteroatoms. The Bertz CT molecular complexity index is 423. The van der Waals surface area contributed by atoms with Gasteiger partial charge in [-0.15, -0.1) is 11.8 Å². The highest BCUT2D eigenvalue weighted by Gasteiger charge is 2.15. The van der Waals surface area contributed by atoms with Gasteiger partial charge in [-0.3, -0.25) is 4.79 Å². The molecule has 1 aromatic carbocycles. The normalized spacial score (nSPS) is 13.1. The Balaban J connectivity index is 2.41. The lowest BCUT2D eigenvalue weighted by molar-refractivity contribution is -0.144. The van der Waals surface area contributed by atoms with E-state index in [-0.39, 0.29) is 11.4 Å². The molecule has 0 fully saturated rings. The lowest BCUT2D eigenvalue weighted by Gasteiger charge is -2.19. The van der Waals surface area contributed by atoms with Gasteiger partial charge in [0.15, 0.2) is 0 Å². The van der Waals surface area contributed by atoms with Crippen LogP contribution in [0.1, 0.15) is 39.7 Å². The highest BCUT2D eigenvalue weighted by Crippen LogP contribution is 2.26. The van der Waals surface area contributed by atoms with Crippen LogP contribution in [-0.4, -0.2) is 24.4 Å². The minimum absolute atomic E-state index is 0.176. The van der Waals surface area contributed by atoms with Crippen molar-refractivity contribution in [2.24, 2.45) is 5.73 Å². The molecule has 3 nitrogen and oxygen atoms in total. The first-order chi connectivity index (χ1) is 9.34. The number of rotatable bonds is 6. The SMILES string of the molecule is CCOC(=O)C(N)CCSc1ccc(C(C)(C)C)cc1. The fourth-order valence-corrected chi connectivity index (χ4v) is 2.66. The van der Waals surface area contributed by atoms with Crippen molar-refractivity contribution in [3.63, 3.8) is 0 Å². The van der Waals surface area contributed by atoms with Crippen LogP contribution >= 0.6 is 11.8 Å². The first-order valence-corrected chi connectivity index (χ1v) is 7.98. The van der Waals surface area contributed by atoms with Crippen LogP contribution < -0.4 is 5.73 Å². The zero-order valence-electron chi connectivity index (χ0n) is 12.8. The van der Waals surface area contributed by atoms with Gasteiger partial charge in [-0.2, -0.15) is 0 Å². The van der Waals surface area contributed by atoms with Gasteiger partial charge in [0.1, 0.15) is 6.04 Å². The number of hydrogen-bond donors (Lipinski definition) is 1. The fraction of sp³-hybridized carbons (Fsp3) is 0.562. The number of carbonyl (C=O) groups is 1. The summed E-state index contributed by atoms with van der Waals surface area (Å²) in [6, 6.07) is 8.06. The van der Waals surface area contributed by atoms with Gasteiger partial charge < -0.3 is 10.5 Å². The molecule has 1 unspecified atom stereocenters. The Hall–Kier alpha value is -1.00. The van der Waals surface area contributed by atoms with E-state index in [2.05, 4.69) is 45.0 Å². The Labute approximate surface area is 126 Å². The summed E-state index contributed by atoms with van der Waals surface area (Å²) in [5.41, 5.74) is 7.26. The summed E-state index contributed by atoms with van der Waals surface area (Å²) in [5.74, 6) is 0.505. The number of ether oxygens (including phenoxy) is 1. The molecule has 0 heterocycles. The van der Waals surface area contributed by atoms with Crippen LogP contribution in [0.3, 0.4) is 0 Å². The number of esters is 1. The van der Waals surface area contributed by atoms with E-state index in [0.29, 0.717) is 13.0 Å². The molecule has 0 aliphatic heterocycles. The maximum absolute atomic E-state index is 11.4. The van der Waals surface area contributed by atoms with Crippen LogP contribution in [0.4, 0.5) is 0 Å². The standard InChI is InChI=1S/C16H25NO2S/c1-5-19-15(18)14(17)10-11-20-13-8-6-12(7-9-13)16(2,3)4/h6-9,14H,5,10-11,17H2,1-4H3. The van der Waals surface area contributed by atoms with Gasteiger partial charge in [0.25, 0.3) is 0 Å². The lowest BCUT2D eigenvalue weighted by atomic mass is 9.87. The predicted octanol–water partition coefficient (Wildman–Crippen LogP) is 3.36. The summed E-state index contributed by atoms with van der Waals surface area (Å²) in [5, 5.41) is 0. The predicted molar refractivity (Wildman–Crippen MR) is 85.1 cm³/mol. The molecule has 0 bridgehead atoms. The number of nitrogens with two attached hydrogens (primary N) is 1. The molecule has 0 aliphatic carbocycles. The Kier molecular flexibility index (Phi) is 6.56. The zero-order chi connectivity index (χ0) is 15.2. The summed E-state index contributed by atoms with van der Waals surface area (Å²) in [6.07, 6.45) is 0.629. The van der Waals surface area contributed by atoms with Crippen molar-refractivity contribution >= 4 is 17.7 Å². The highest BCUT2D eigenvalue weighted by atomic mass is 32.2. The van der Waals surface area contributed by atoms with Crippen molar-refractivity contribution in [2.45, 2.75) is 50.5 Å². The van der Waals surface area contributed by atoms with Gasteiger partial charge >= 0.3 is 5.97 Å². The molecule has 0 amide bonds. The monoisotopic (exact) mass is 295 g/mol. The van der Waals surface area contributed by atoms with Gasteiger partial charge in [-0.25, -0.2) is 0 Å². The number of hydrogen-bond acceptors (Lipinski definition) is 4. The largest absolute Gasteiger partial charge is 0.465 e. The lowest BCUT2D eigenvalue weighted by Crippen LogP contribution is -2.32. The van der Waals surface area contributed by atoms with E-state index >= 15 is 0 Å². The van der Waals surface area contributed by atoms with Crippen LogP contribution in [0, 0.1) is 0 Å². The van der Waals surface area contributed by atoms with Crippen molar-refractivity contribution in [2.75, 3.05) is 12.4 Å². The average molecular weight is 295 g/mol. The van der Waals surface area contributed by atoms with Gasteiger partial charge in [0.05, 0.1) is 6.61 Å². The minimum atomic E-state index is -0.517. The van der Waals surface area contributed by atoms with E-state index in [1.54, 1.807) is 18.7 Å². The number of carbonyl (C=O) groups excluding carboxylic acids is 1. The fourth-order valence-electron chi connectivity index (χ4n) is 1.72. The maximum Gasteiger partial charge on any atom is 0.322 e. The van der Waals surface area contributed by atoms with Crippen LogP contribution in [0.15, 0.2) is 29.2 Å². The quantitative estimate of drug-likeness (QED) is 0.646. The van der Waals surface area contributed by atoms with Crippen LogP contribution in [-0.2, 0) is 14.9 Å². The molecule has 2 N–H and O–H groups in total. The highest BCUT2D eigenvalue weighted by molar-refractivity contribution is 7.99. The van der Waals surface area contributed by atoms with Crippen LogP contribution in [0.2, 0.25) is 0 Å². The summed E-state index contributed by atoms with van der Waals surface area (Å²) in [7, 11) is 0. The van der Waals surface area contributed by atoms with Gasteiger partial charge in [0, 0.05) is 10.6 Å². The molecule has 0 saturated heterocycles. The molecule has 0 spiro atoms. The second-order valence-electron chi connectivity index (χ2n) is 5.77. The van der Waals surface area contributed by atoms with Crippen LogP contribution in [0.25, 0.3) is 0 Å². The van der Waals surface area contributed by atoms with E-state index in [9.17, 15) is 4.79 Å². The summed E-state index contributed by atoms with van der Waals surface area (Å²) in [4.78, 5) is 12.6. The van der Waals surface area contributed by atoms with Crippen molar-refractivity contribution in [3.05, 3.63) is 29.8 Å². The van der Waals surface area contributed by atoms with E-state index in [0.717, 1.165) is 5.75 Å². The van der Waals surface area contributed by atoms with E-state index in [1.165, 1.54) is 10.5 Å². The minimum Gasteiger partial charge on any atom is -0.465 e. The molecule has 0 saturated carbocycles. The summed E-state index contributed by atoms with van der Waals surface area (Å²) in [6.45, 7) is 8.78. The molecule has 0 aliphatic rings. The summed E-state index contributed by atoms with van der Waals surface area (Å²) >= 11 is 1.72. The Morgan fingerprint density at radius 2 is 1.90 bits per heavy atom. The van der Waals surface area contributed by atoms with Crippen molar-refractivity contribution < 1.29 is 9.53 Å². The molecule has 112 valence electrons. The molecule has 1 atom stereocenters. The third-order valence-electron chi connectivity index (χ3n) is 3.01. The second-order valence-corrected chi connectivity index (χ2v) is 6.94. The summed E-state index contributed by atoms with van der Waals surface area (Å²) < 4.78 is 4.89. The van der Waals surface area contributed by atoms with Gasteiger partial charge in [-0.1, -0.05) is 32.9 Å². The second kappa shape index (κ2) is 7.70. The van der Waals surface area contributed by atoms with Gasteiger partial charge in [-0.05, 0) is 36.5 Å². The topological polar surface area (TPSA) is 52.3 Å². The molecular formula is C16H25NO2S.